The number of methoxy groups -OCH3 is 1. The Bertz CT molecular complexity index is 844. The molecule has 26 heavy (non-hydrogen) atoms. The maximum atomic E-state index is 5.31. The second kappa shape index (κ2) is 7.85. The summed E-state index contributed by atoms with van der Waals surface area (Å²) in [7, 11) is 1.69. The minimum Gasteiger partial charge on any atom is -0.497 e. The van der Waals surface area contributed by atoms with E-state index in [4.69, 9.17) is 9.72 Å². The van der Waals surface area contributed by atoms with Crippen LogP contribution >= 0.6 is 11.3 Å². The van der Waals surface area contributed by atoms with Gasteiger partial charge in [-0.3, -0.25) is 4.90 Å². The lowest BCUT2D eigenvalue weighted by molar-refractivity contribution is 0.247. The van der Waals surface area contributed by atoms with Crippen molar-refractivity contribution in [2.45, 2.75) is 6.54 Å². The highest BCUT2D eigenvalue weighted by Gasteiger charge is 2.19. The molecule has 0 N–H and O–H groups in total. The van der Waals surface area contributed by atoms with Crippen LogP contribution in [0.1, 0.15) is 5.69 Å². The summed E-state index contributed by atoms with van der Waals surface area (Å²) in [4.78, 5) is 14.1. The molecule has 1 fully saturated rings. The predicted octanol–water partition coefficient (Wildman–Crippen LogP) is 3.54. The van der Waals surface area contributed by atoms with Gasteiger partial charge in [0, 0.05) is 49.9 Å². The number of aromatic nitrogens is 2. The fourth-order valence-electron chi connectivity index (χ4n) is 3.17. The lowest BCUT2D eigenvalue weighted by Gasteiger charge is -2.35. The minimum atomic E-state index is 0.866. The number of pyridine rings is 1. The predicted molar refractivity (Wildman–Crippen MR) is 106 cm³/mol. The molecule has 3 heterocycles. The van der Waals surface area contributed by atoms with Gasteiger partial charge in [0.05, 0.1) is 12.8 Å². The van der Waals surface area contributed by atoms with Gasteiger partial charge in [0.25, 0.3) is 0 Å². The third kappa shape index (κ3) is 3.86. The molecule has 3 aromatic rings. The molecule has 1 aliphatic rings. The number of benzene rings is 1. The maximum Gasteiger partial charge on any atom is 0.128 e. The Morgan fingerprint density at radius 3 is 2.73 bits per heavy atom. The zero-order chi connectivity index (χ0) is 17.8. The SMILES string of the molecule is COc1cccc(-c2nc(CN3CCN(c4ccccn4)CC3)cs2)c1. The van der Waals surface area contributed by atoms with Crippen LogP contribution in [0.4, 0.5) is 5.82 Å². The van der Waals surface area contributed by atoms with Crippen molar-refractivity contribution in [3.05, 3.63) is 59.7 Å². The van der Waals surface area contributed by atoms with Crippen LogP contribution in [0.15, 0.2) is 54.0 Å². The molecule has 0 amide bonds. The van der Waals surface area contributed by atoms with Crippen LogP contribution in [0.5, 0.6) is 5.75 Å². The van der Waals surface area contributed by atoms with Crippen LogP contribution in [-0.4, -0.2) is 48.2 Å². The van der Waals surface area contributed by atoms with Crippen molar-refractivity contribution in [3.8, 4) is 16.3 Å². The Hall–Kier alpha value is -2.44. The third-order valence-corrected chi connectivity index (χ3v) is 5.54. The van der Waals surface area contributed by atoms with E-state index in [9.17, 15) is 0 Å². The molecule has 1 aliphatic heterocycles. The molecule has 0 radical (unpaired) electrons. The first-order valence-electron chi connectivity index (χ1n) is 8.79. The Morgan fingerprint density at radius 2 is 1.96 bits per heavy atom. The van der Waals surface area contributed by atoms with Gasteiger partial charge in [-0.05, 0) is 24.3 Å². The zero-order valence-electron chi connectivity index (χ0n) is 14.8. The number of piperazine rings is 1. The van der Waals surface area contributed by atoms with Crippen LogP contribution in [-0.2, 0) is 6.54 Å². The van der Waals surface area contributed by atoms with Crippen LogP contribution in [0.3, 0.4) is 0 Å². The molecule has 6 heteroatoms. The van der Waals surface area contributed by atoms with Crippen LogP contribution < -0.4 is 9.64 Å². The summed E-state index contributed by atoms with van der Waals surface area (Å²) < 4.78 is 5.31. The fraction of sp³-hybridized carbons (Fsp3) is 0.300. The molecule has 0 spiro atoms. The minimum absolute atomic E-state index is 0.866. The zero-order valence-corrected chi connectivity index (χ0v) is 15.7. The van der Waals surface area contributed by atoms with E-state index in [0.29, 0.717) is 0 Å². The highest BCUT2D eigenvalue weighted by atomic mass is 32.1. The van der Waals surface area contributed by atoms with Gasteiger partial charge in [-0.2, -0.15) is 0 Å². The van der Waals surface area contributed by atoms with E-state index in [1.165, 1.54) is 0 Å². The van der Waals surface area contributed by atoms with Gasteiger partial charge in [-0.1, -0.05) is 18.2 Å². The van der Waals surface area contributed by atoms with Crippen molar-refractivity contribution in [2.75, 3.05) is 38.2 Å². The number of rotatable bonds is 5. The van der Waals surface area contributed by atoms with E-state index >= 15 is 0 Å². The number of anilines is 1. The molecule has 0 atom stereocenters. The fourth-order valence-corrected chi connectivity index (χ4v) is 3.98. The van der Waals surface area contributed by atoms with Crippen LogP contribution in [0.25, 0.3) is 10.6 Å². The molecule has 134 valence electrons. The van der Waals surface area contributed by atoms with E-state index in [2.05, 4.69) is 32.3 Å². The molecule has 1 saturated heterocycles. The highest BCUT2D eigenvalue weighted by Crippen LogP contribution is 2.27. The number of thiazole rings is 1. The standard InChI is InChI=1S/C20H22N4OS/c1-25-18-6-4-5-16(13-18)20-22-17(15-26-20)14-23-9-11-24(12-10-23)19-7-2-3-8-21-19/h2-8,13,15H,9-12,14H2,1H3. The van der Waals surface area contributed by atoms with Crippen molar-refractivity contribution >= 4 is 17.2 Å². The summed E-state index contributed by atoms with van der Waals surface area (Å²) in [6.07, 6.45) is 1.86. The van der Waals surface area contributed by atoms with E-state index in [0.717, 1.165) is 60.6 Å². The molecule has 1 aromatic carbocycles. The normalized spacial score (nSPS) is 15.2. The summed E-state index contributed by atoms with van der Waals surface area (Å²) in [5.41, 5.74) is 2.25. The van der Waals surface area contributed by atoms with E-state index in [-0.39, 0.29) is 0 Å². The Labute approximate surface area is 157 Å². The molecule has 0 unspecified atom stereocenters. The summed E-state index contributed by atoms with van der Waals surface area (Å²) in [5.74, 6) is 1.94. The van der Waals surface area contributed by atoms with Crippen molar-refractivity contribution in [2.24, 2.45) is 0 Å². The first kappa shape index (κ1) is 17.0. The van der Waals surface area contributed by atoms with Gasteiger partial charge in [-0.25, -0.2) is 9.97 Å². The molecule has 4 rings (SSSR count). The van der Waals surface area contributed by atoms with E-state index in [1.807, 2.05) is 36.5 Å². The number of hydrogen-bond acceptors (Lipinski definition) is 6. The molecule has 0 aliphatic carbocycles. The lowest BCUT2D eigenvalue weighted by atomic mass is 10.2. The van der Waals surface area contributed by atoms with Gasteiger partial charge < -0.3 is 9.64 Å². The number of ether oxygens (including phenoxy) is 1. The van der Waals surface area contributed by atoms with Crippen molar-refractivity contribution < 1.29 is 4.74 Å². The maximum absolute atomic E-state index is 5.31. The summed E-state index contributed by atoms with van der Waals surface area (Å²) in [6.45, 7) is 4.97. The monoisotopic (exact) mass is 366 g/mol. The summed E-state index contributed by atoms with van der Waals surface area (Å²) >= 11 is 1.69. The first-order valence-corrected chi connectivity index (χ1v) is 9.67. The van der Waals surface area contributed by atoms with Gasteiger partial charge >= 0.3 is 0 Å². The first-order chi connectivity index (χ1) is 12.8. The molecule has 0 bridgehead atoms. The van der Waals surface area contributed by atoms with Crippen LogP contribution in [0.2, 0.25) is 0 Å². The van der Waals surface area contributed by atoms with Gasteiger partial charge in [-0.15, -0.1) is 11.3 Å². The van der Waals surface area contributed by atoms with E-state index < -0.39 is 0 Å². The lowest BCUT2D eigenvalue weighted by Crippen LogP contribution is -2.46. The third-order valence-electron chi connectivity index (χ3n) is 4.60. The highest BCUT2D eigenvalue weighted by molar-refractivity contribution is 7.13. The van der Waals surface area contributed by atoms with Crippen molar-refractivity contribution in [1.82, 2.24) is 14.9 Å². The van der Waals surface area contributed by atoms with Crippen LogP contribution in [0, 0.1) is 0 Å². The topological polar surface area (TPSA) is 41.5 Å². The average Bonchev–Trinajstić information content (AvgIpc) is 3.18. The Morgan fingerprint density at radius 1 is 1.08 bits per heavy atom. The van der Waals surface area contributed by atoms with Crippen molar-refractivity contribution in [1.29, 1.82) is 0 Å². The second-order valence-corrected chi connectivity index (χ2v) is 7.19. The Balaban J connectivity index is 1.36. The van der Waals surface area contributed by atoms with Crippen molar-refractivity contribution in [3.63, 3.8) is 0 Å². The molecule has 2 aromatic heterocycles. The van der Waals surface area contributed by atoms with Gasteiger partial charge in [0.15, 0.2) is 0 Å². The smallest absolute Gasteiger partial charge is 0.128 e. The summed E-state index contributed by atoms with van der Waals surface area (Å²) in [6, 6.07) is 14.2. The number of hydrogen-bond donors (Lipinski definition) is 0. The average molecular weight is 366 g/mol. The van der Waals surface area contributed by atoms with Gasteiger partial charge in [0.1, 0.15) is 16.6 Å². The second-order valence-electron chi connectivity index (χ2n) is 6.33. The Kier molecular flexibility index (Phi) is 5.13. The molecular weight excluding hydrogens is 344 g/mol. The quantitative estimate of drug-likeness (QED) is 0.691. The summed E-state index contributed by atoms with van der Waals surface area (Å²) in [5, 5.41) is 3.21. The van der Waals surface area contributed by atoms with E-state index in [1.54, 1.807) is 18.4 Å². The van der Waals surface area contributed by atoms with Gasteiger partial charge in [0.2, 0.25) is 0 Å². The molecule has 0 saturated carbocycles. The molecular formula is C20H22N4OS. The molecule has 5 nitrogen and oxygen atoms in total. The number of nitrogens with zero attached hydrogens (tertiary/aromatic N) is 4. The largest absolute Gasteiger partial charge is 0.497 e.